The van der Waals surface area contributed by atoms with E-state index in [1.807, 2.05) is 0 Å². The van der Waals surface area contributed by atoms with Gasteiger partial charge in [-0.25, -0.2) is 0 Å². The van der Waals surface area contributed by atoms with Gasteiger partial charge in [-0.3, -0.25) is 0 Å². The Morgan fingerprint density at radius 1 is 1.29 bits per heavy atom. The van der Waals surface area contributed by atoms with Crippen LogP contribution in [0.15, 0.2) is 30.0 Å². The smallest absolute Gasteiger partial charge is 0.123 e. The van der Waals surface area contributed by atoms with Gasteiger partial charge >= 0.3 is 0 Å². The van der Waals surface area contributed by atoms with Gasteiger partial charge in [-0.05, 0) is 43.9 Å². The van der Waals surface area contributed by atoms with Crippen LogP contribution in [0, 0.1) is 5.41 Å². The number of aromatic hydroxyl groups is 2. The zero-order valence-electron chi connectivity index (χ0n) is 13.9. The highest BCUT2D eigenvalue weighted by Gasteiger charge is 2.22. The Hall–Kier alpha value is -2.27. The van der Waals surface area contributed by atoms with Crippen LogP contribution in [0.25, 0.3) is 5.57 Å². The molecule has 1 aliphatic carbocycles. The van der Waals surface area contributed by atoms with Crippen LogP contribution in [0.4, 0.5) is 0 Å². The number of rotatable bonds is 5. The highest BCUT2D eigenvalue weighted by Crippen LogP contribution is 2.42. The van der Waals surface area contributed by atoms with Crippen molar-refractivity contribution in [3.8, 4) is 11.5 Å². The van der Waals surface area contributed by atoms with Crippen molar-refractivity contribution < 1.29 is 14.9 Å². The fourth-order valence-electron chi connectivity index (χ4n) is 3.26. The zero-order chi connectivity index (χ0) is 17.1. The molecule has 1 aliphatic heterocycles. The third-order valence-electron chi connectivity index (χ3n) is 4.68. The van der Waals surface area contributed by atoms with Gasteiger partial charge in [0, 0.05) is 29.5 Å². The minimum absolute atomic E-state index is 0.0467. The summed E-state index contributed by atoms with van der Waals surface area (Å²) in [6.07, 6.45) is 8.14. The molecule has 1 saturated heterocycles. The van der Waals surface area contributed by atoms with Crippen LogP contribution >= 0.6 is 0 Å². The van der Waals surface area contributed by atoms with Crippen LogP contribution in [0.3, 0.4) is 0 Å². The molecule has 0 saturated carbocycles. The molecule has 128 valence electrons. The highest BCUT2D eigenvalue weighted by molar-refractivity contribution is 6.08. The molecule has 0 amide bonds. The van der Waals surface area contributed by atoms with Gasteiger partial charge in [-0.15, -0.1) is 0 Å². The Balaban J connectivity index is 1.88. The van der Waals surface area contributed by atoms with Gasteiger partial charge in [0.25, 0.3) is 0 Å². The summed E-state index contributed by atoms with van der Waals surface area (Å²) in [5.74, 6) is 0.215. The van der Waals surface area contributed by atoms with Gasteiger partial charge in [0.15, 0.2) is 0 Å². The van der Waals surface area contributed by atoms with Crippen molar-refractivity contribution in [2.24, 2.45) is 0 Å². The summed E-state index contributed by atoms with van der Waals surface area (Å²) in [4.78, 5) is 0. The van der Waals surface area contributed by atoms with Crippen molar-refractivity contribution in [1.29, 1.82) is 5.41 Å². The first-order valence-electron chi connectivity index (χ1n) is 8.36. The minimum atomic E-state index is 0.0467. The average Bonchev–Trinajstić information content (AvgIpc) is 2.49. The lowest BCUT2D eigenvalue weighted by Crippen LogP contribution is -2.43. The van der Waals surface area contributed by atoms with E-state index in [4.69, 9.17) is 10.1 Å². The molecule has 24 heavy (non-hydrogen) atoms. The maximum atomic E-state index is 10.5. The number of hydrogen-bond acceptors (Lipinski definition) is 5. The van der Waals surface area contributed by atoms with Gasteiger partial charge in [0.1, 0.15) is 11.5 Å². The summed E-state index contributed by atoms with van der Waals surface area (Å²) >= 11 is 0. The lowest BCUT2D eigenvalue weighted by atomic mass is 9.84. The molecule has 1 atom stereocenters. The summed E-state index contributed by atoms with van der Waals surface area (Å²) in [5, 5.41) is 31.7. The lowest BCUT2D eigenvalue weighted by molar-refractivity contribution is 0.000844. The first-order valence-corrected chi connectivity index (χ1v) is 8.36. The van der Waals surface area contributed by atoms with E-state index in [2.05, 4.69) is 18.3 Å². The van der Waals surface area contributed by atoms with Gasteiger partial charge < -0.3 is 25.7 Å². The van der Waals surface area contributed by atoms with E-state index >= 15 is 0 Å². The van der Waals surface area contributed by atoms with Gasteiger partial charge in [-0.1, -0.05) is 11.6 Å². The van der Waals surface area contributed by atoms with Crippen molar-refractivity contribution >= 4 is 11.8 Å². The summed E-state index contributed by atoms with van der Waals surface area (Å²) < 4.78 is 5.10. The number of phenolic OH excluding ortho intramolecular Hbond substituents is 2. The second-order valence-electron chi connectivity index (χ2n) is 6.58. The molecule has 5 nitrogen and oxygen atoms in total. The summed E-state index contributed by atoms with van der Waals surface area (Å²) in [5.41, 5.74) is 3.10. The van der Waals surface area contributed by atoms with Crippen molar-refractivity contribution in [1.82, 2.24) is 5.32 Å². The Labute approximate surface area is 142 Å². The largest absolute Gasteiger partial charge is 0.507 e. The van der Waals surface area contributed by atoms with Crippen molar-refractivity contribution in [2.45, 2.75) is 38.1 Å². The molecule has 4 N–H and O–H groups in total. The van der Waals surface area contributed by atoms with E-state index in [1.165, 1.54) is 11.8 Å². The van der Waals surface area contributed by atoms with E-state index in [0.717, 1.165) is 19.3 Å². The van der Waals surface area contributed by atoms with E-state index in [0.29, 0.717) is 29.9 Å². The SMILES string of the molecule is CC1=CC(c2c(O)cc(/C(C=N)=C/NC3COC3)cc2O)CCC1. The zero-order valence-corrected chi connectivity index (χ0v) is 13.9. The van der Waals surface area contributed by atoms with Crippen LogP contribution in [-0.4, -0.2) is 35.7 Å². The molecule has 1 unspecified atom stereocenters. The lowest BCUT2D eigenvalue weighted by Gasteiger charge is -2.26. The molecule has 0 spiro atoms. The normalized spacial score (nSPS) is 21.8. The standard InChI is InChI=1S/C19H24N2O3/c1-12-3-2-4-13(5-12)19-17(22)6-14(7-18(19)23)15(8-20)9-21-16-10-24-11-16/h5-9,13,16,20-23H,2-4,10-11H2,1H3/b15-9+,20-8?. The topological polar surface area (TPSA) is 85.6 Å². The number of nitrogens with one attached hydrogen (secondary N) is 2. The van der Waals surface area contributed by atoms with Crippen LogP contribution in [0.2, 0.25) is 0 Å². The molecule has 5 heteroatoms. The van der Waals surface area contributed by atoms with Crippen LogP contribution < -0.4 is 5.32 Å². The van der Waals surface area contributed by atoms with Gasteiger partial charge in [-0.2, -0.15) is 0 Å². The summed E-state index contributed by atoms with van der Waals surface area (Å²) in [6, 6.07) is 3.52. The molecule has 1 heterocycles. The fraction of sp³-hybridized carbons (Fsp3) is 0.421. The third-order valence-corrected chi connectivity index (χ3v) is 4.68. The maximum Gasteiger partial charge on any atom is 0.123 e. The van der Waals surface area contributed by atoms with E-state index in [-0.39, 0.29) is 23.5 Å². The average molecular weight is 328 g/mol. The quantitative estimate of drug-likeness (QED) is 0.493. The summed E-state index contributed by atoms with van der Waals surface area (Å²) in [7, 11) is 0. The molecule has 3 rings (SSSR count). The molecule has 1 aromatic carbocycles. The first kappa shape index (κ1) is 16.6. The molecule has 0 bridgehead atoms. The van der Waals surface area contributed by atoms with Gasteiger partial charge in [0.05, 0.1) is 19.3 Å². The van der Waals surface area contributed by atoms with Crippen molar-refractivity contribution in [3.05, 3.63) is 41.1 Å². The van der Waals surface area contributed by atoms with E-state index in [9.17, 15) is 10.2 Å². The summed E-state index contributed by atoms with van der Waals surface area (Å²) in [6.45, 7) is 3.40. The van der Waals surface area contributed by atoms with Crippen molar-refractivity contribution in [3.63, 3.8) is 0 Å². The predicted octanol–water partition coefficient (Wildman–Crippen LogP) is 3.29. The number of phenols is 2. The number of ether oxygens (including phenoxy) is 1. The molecule has 2 aliphatic rings. The Bertz CT molecular complexity index is 667. The van der Waals surface area contributed by atoms with Gasteiger partial charge in [0.2, 0.25) is 0 Å². The third kappa shape index (κ3) is 3.46. The Morgan fingerprint density at radius 2 is 2.00 bits per heavy atom. The highest BCUT2D eigenvalue weighted by atomic mass is 16.5. The maximum absolute atomic E-state index is 10.5. The monoisotopic (exact) mass is 328 g/mol. The van der Waals surface area contributed by atoms with Crippen LogP contribution in [0.5, 0.6) is 11.5 Å². The van der Waals surface area contributed by atoms with Crippen LogP contribution in [-0.2, 0) is 4.74 Å². The predicted molar refractivity (Wildman–Crippen MR) is 94.6 cm³/mol. The number of benzene rings is 1. The minimum Gasteiger partial charge on any atom is -0.507 e. The van der Waals surface area contributed by atoms with E-state index < -0.39 is 0 Å². The van der Waals surface area contributed by atoms with Crippen molar-refractivity contribution in [2.75, 3.05) is 13.2 Å². The second-order valence-corrected chi connectivity index (χ2v) is 6.58. The number of allylic oxidation sites excluding steroid dienone is 3. The molecule has 0 aromatic heterocycles. The molecule has 1 aromatic rings. The van der Waals surface area contributed by atoms with Crippen LogP contribution in [0.1, 0.15) is 43.2 Å². The number of hydrogen-bond donors (Lipinski definition) is 4. The first-order chi connectivity index (χ1) is 11.6. The molecule has 1 fully saturated rings. The molecular weight excluding hydrogens is 304 g/mol. The Morgan fingerprint density at radius 3 is 2.54 bits per heavy atom. The molecule has 0 radical (unpaired) electrons. The molecular formula is C19H24N2O3. The Kier molecular flexibility index (Phi) is 4.90. The van der Waals surface area contributed by atoms with E-state index in [1.54, 1.807) is 18.3 Å². The second kappa shape index (κ2) is 7.09. The fourth-order valence-corrected chi connectivity index (χ4v) is 3.26.